The molecule has 0 radical (unpaired) electrons. The van der Waals surface area contributed by atoms with Crippen molar-refractivity contribution >= 4 is 0 Å². The molecule has 1 rings (SSSR count). The SMILES string of the molecule is COc1c(F)cccc1C(N)CN. The van der Waals surface area contributed by atoms with Crippen LogP contribution in [0.1, 0.15) is 11.6 Å². The number of halogens is 1. The average Bonchev–Trinajstić information content (AvgIpc) is 2.16. The highest BCUT2D eigenvalue weighted by Crippen LogP contribution is 2.25. The van der Waals surface area contributed by atoms with Crippen LogP contribution in [0.2, 0.25) is 0 Å². The predicted octanol–water partition coefficient (Wildman–Crippen LogP) is 0.793. The lowest BCUT2D eigenvalue weighted by Crippen LogP contribution is -2.21. The number of methoxy groups -OCH3 is 1. The Bertz CT molecular complexity index is 291. The van der Waals surface area contributed by atoms with E-state index in [4.69, 9.17) is 16.2 Å². The van der Waals surface area contributed by atoms with Gasteiger partial charge in [0.25, 0.3) is 0 Å². The standard InChI is InChI=1S/C9H13FN2O/c1-13-9-6(8(12)5-11)3-2-4-7(9)10/h2-4,8H,5,11-12H2,1H3. The van der Waals surface area contributed by atoms with Crippen LogP contribution in [0.3, 0.4) is 0 Å². The molecule has 4 N–H and O–H groups in total. The van der Waals surface area contributed by atoms with Gasteiger partial charge in [-0.3, -0.25) is 0 Å². The van der Waals surface area contributed by atoms with Crippen LogP contribution in [0.4, 0.5) is 4.39 Å². The monoisotopic (exact) mass is 184 g/mol. The van der Waals surface area contributed by atoms with Gasteiger partial charge in [-0.05, 0) is 6.07 Å². The fourth-order valence-corrected chi connectivity index (χ4v) is 1.16. The van der Waals surface area contributed by atoms with Crippen molar-refractivity contribution in [2.45, 2.75) is 6.04 Å². The van der Waals surface area contributed by atoms with Crippen molar-refractivity contribution in [3.05, 3.63) is 29.6 Å². The molecular weight excluding hydrogens is 171 g/mol. The molecule has 0 spiro atoms. The summed E-state index contributed by atoms with van der Waals surface area (Å²) >= 11 is 0. The van der Waals surface area contributed by atoms with E-state index in [0.717, 1.165) is 0 Å². The maximum absolute atomic E-state index is 13.1. The van der Waals surface area contributed by atoms with Crippen LogP contribution in [0.25, 0.3) is 0 Å². The van der Waals surface area contributed by atoms with Crippen molar-refractivity contribution < 1.29 is 9.13 Å². The molecule has 1 atom stereocenters. The van der Waals surface area contributed by atoms with Gasteiger partial charge in [0, 0.05) is 18.2 Å². The molecular formula is C9H13FN2O. The molecule has 3 nitrogen and oxygen atoms in total. The Morgan fingerprint density at radius 1 is 1.54 bits per heavy atom. The number of ether oxygens (including phenoxy) is 1. The van der Waals surface area contributed by atoms with Crippen LogP contribution in [0, 0.1) is 5.82 Å². The molecule has 13 heavy (non-hydrogen) atoms. The van der Waals surface area contributed by atoms with Gasteiger partial charge in [0.2, 0.25) is 0 Å². The van der Waals surface area contributed by atoms with Crippen LogP contribution in [-0.4, -0.2) is 13.7 Å². The number of para-hydroxylation sites is 1. The largest absolute Gasteiger partial charge is 0.493 e. The summed E-state index contributed by atoms with van der Waals surface area (Å²) in [5, 5.41) is 0. The predicted molar refractivity (Wildman–Crippen MR) is 48.9 cm³/mol. The molecule has 1 aromatic carbocycles. The summed E-state index contributed by atoms with van der Waals surface area (Å²) in [7, 11) is 1.41. The fraction of sp³-hybridized carbons (Fsp3) is 0.333. The van der Waals surface area contributed by atoms with Gasteiger partial charge in [-0.15, -0.1) is 0 Å². The van der Waals surface area contributed by atoms with Crippen LogP contribution in [0.15, 0.2) is 18.2 Å². The van der Waals surface area contributed by atoms with Crippen molar-refractivity contribution in [3.63, 3.8) is 0 Å². The Hall–Kier alpha value is -1.13. The van der Waals surface area contributed by atoms with Gasteiger partial charge in [-0.2, -0.15) is 0 Å². The Kier molecular flexibility index (Phi) is 3.22. The second-order valence-corrected chi connectivity index (χ2v) is 2.70. The molecule has 0 aromatic heterocycles. The van der Waals surface area contributed by atoms with E-state index < -0.39 is 5.82 Å². The second kappa shape index (κ2) is 4.20. The molecule has 0 fully saturated rings. The number of benzene rings is 1. The molecule has 0 bridgehead atoms. The minimum atomic E-state index is -0.413. The number of nitrogens with two attached hydrogens (primary N) is 2. The van der Waals surface area contributed by atoms with E-state index in [1.807, 2.05) is 0 Å². The first-order valence-corrected chi connectivity index (χ1v) is 3.98. The van der Waals surface area contributed by atoms with Gasteiger partial charge >= 0.3 is 0 Å². The van der Waals surface area contributed by atoms with E-state index in [2.05, 4.69) is 0 Å². The minimum absolute atomic E-state index is 0.181. The molecule has 0 aliphatic rings. The molecule has 72 valence electrons. The summed E-state index contributed by atoms with van der Waals surface area (Å²) in [4.78, 5) is 0. The lowest BCUT2D eigenvalue weighted by molar-refractivity contribution is 0.378. The van der Waals surface area contributed by atoms with Gasteiger partial charge in [-0.25, -0.2) is 4.39 Å². The van der Waals surface area contributed by atoms with Crippen molar-refractivity contribution in [1.29, 1.82) is 0 Å². The Labute approximate surface area is 76.5 Å². The fourth-order valence-electron chi connectivity index (χ4n) is 1.16. The van der Waals surface area contributed by atoms with Crippen LogP contribution in [-0.2, 0) is 0 Å². The molecule has 1 unspecified atom stereocenters. The second-order valence-electron chi connectivity index (χ2n) is 2.70. The third-order valence-corrected chi connectivity index (χ3v) is 1.85. The zero-order valence-corrected chi connectivity index (χ0v) is 7.46. The highest BCUT2D eigenvalue weighted by Gasteiger charge is 2.13. The number of rotatable bonds is 3. The molecule has 1 aromatic rings. The van der Waals surface area contributed by atoms with E-state index in [0.29, 0.717) is 5.56 Å². The third kappa shape index (κ3) is 1.96. The molecule has 0 saturated carbocycles. The molecule has 0 aliphatic heterocycles. The van der Waals surface area contributed by atoms with Gasteiger partial charge in [-0.1, -0.05) is 12.1 Å². The smallest absolute Gasteiger partial charge is 0.165 e. The van der Waals surface area contributed by atoms with Crippen LogP contribution in [0.5, 0.6) is 5.75 Å². The molecule has 0 saturated heterocycles. The molecule has 0 heterocycles. The lowest BCUT2D eigenvalue weighted by Gasteiger charge is -2.13. The molecule has 4 heteroatoms. The summed E-state index contributed by atoms with van der Waals surface area (Å²) in [5.41, 5.74) is 11.6. The van der Waals surface area contributed by atoms with Crippen molar-refractivity contribution in [3.8, 4) is 5.75 Å². The first kappa shape index (κ1) is 9.95. The van der Waals surface area contributed by atoms with E-state index in [9.17, 15) is 4.39 Å². The summed E-state index contributed by atoms with van der Waals surface area (Å²) < 4.78 is 18.0. The first-order chi connectivity index (χ1) is 6.20. The van der Waals surface area contributed by atoms with Crippen LogP contribution >= 0.6 is 0 Å². The Balaban J connectivity index is 3.12. The summed E-state index contributed by atoms with van der Waals surface area (Å²) in [6.45, 7) is 0.264. The van der Waals surface area contributed by atoms with E-state index in [-0.39, 0.29) is 18.3 Å². The van der Waals surface area contributed by atoms with Crippen LogP contribution < -0.4 is 16.2 Å². The zero-order valence-electron chi connectivity index (χ0n) is 7.46. The quantitative estimate of drug-likeness (QED) is 0.730. The summed E-state index contributed by atoms with van der Waals surface area (Å²) in [6.07, 6.45) is 0. The number of hydrogen-bond donors (Lipinski definition) is 2. The van der Waals surface area contributed by atoms with E-state index >= 15 is 0 Å². The topological polar surface area (TPSA) is 61.3 Å². The average molecular weight is 184 g/mol. The maximum atomic E-state index is 13.1. The Morgan fingerprint density at radius 2 is 2.23 bits per heavy atom. The first-order valence-electron chi connectivity index (χ1n) is 3.98. The zero-order chi connectivity index (χ0) is 9.84. The van der Waals surface area contributed by atoms with Gasteiger partial charge in [0.15, 0.2) is 11.6 Å². The summed E-state index contributed by atoms with van der Waals surface area (Å²) in [6, 6.07) is 4.24. The van der Waals surface area contributed by atoms with E-state index in [1.54, 1.807) is 12.1 Å². The van der Waals surface area contributed by atoms with Gasteiger partial charge < -0.3 is 16.2 Å². The normalized spacial score (nSPS) is 12.6. The highest BCUT2D eigenvalue weighted by molar-refractivity contribution is 5.37. The van der Waals surface area contributed by atoms with Crippen molar-refractivity contribution in [2.24, 2.45) is 11.5 Å². The summed E-state index contributed by atoms with van der Waals surface area (Å²) in [5.74, 6) is -0.232. The van der Waals surface area contributed by atoms with Gasteiger partial charge in [0.1, 0.15) is 0 Å². The van der Waals surface area contributed by atoms with Gasteiger partial charge in [0.05, 0.1) is 7.11 Å². The third-order valence-electron chi connectivity index (χ3n) is 1.85. The van der Waals surface area contributed by atoms with Crippen molar-refractivity contribution in [2.75, 3.05) is 13.7 Å². The molecule has 0 amide bonds. The van der Waals surface area contributed by atoms with E-state index in [1.165, 1.54) is 13.2 Å². The lowest BCUT2D eigenvalue weighted by atomic mass is 10.1. The Morgan fingerprint density at radius 3 is 2.77 bits per heavy atom. The maximum Gasteiger partial charge on any atom is 0.165 e. The minimum Gasteiger partial charge on any atom is -0.493 e. The number of hydrogen-bond acceptors (Lipinski definition) is 3. The molecule has 0 aliphatic carbocycles. The highest BCUT2D eigenvalue weighted by atomic mass is 19.1. The van der Waals surface area contributed by atoms with Crippen molar-refractivity contribution in [1.82, 2.24) is 0 Å².